The summed E-state index contributed by atoms with van der Waals surface area (Å²) in [5.74, 6) is -3.96. The molecule has 1 aromatic rings. The van der Waals surface area contributed by atoms with E-state index in [1.807, 2.05) is 0 Å². The van der Waals surface area contributed by atoms with Crippen LogP contribution in [0.5, 0.6) is 0 Å². The van der Waals surface area contributed by atoms with E-state index in [0.717, 1.165) is 6.07 Å². The minimum atomic E-state index is -3.18. The minimum Gasteiger partial charge on any atom is -0.396 e. The van der Waals surface area contributed by atoms with E-state index < -0.39 is 24.3 Å². The number of hydrogen-bond acceptors (Lipinski definition) is 2. The summed E-state index contributed by atoms with van der Waals surface area (Å²) in [5, 5.41) is 9.35. The lowest BCUT2D eigenvalue weighted by atomic mass is 9.86. The summed E-state index contributed by atoms with van der Waals surface area (Å²) >= 11 is 0. The van der Waals surface area contributed by atoms with Gasteiger partial charge in [-0.25, -0.2) is 13.2 Å². The van der Waals surface area contributed by atoms with E-state index in [1.54, 1.807) is 0 Å². The van der Waals surface area contributed by atoms with E-state index in [0.29, 0.717) is 5.56 Å². The molecule has 0 amide bonds. The second-order valence-corrected chi connectivity index (χ2v) is 3.74. The summed E-state index contributed by atoms with van der Waals surface area (Å²) in [5.41, 5.74) is 5.67. The summed E-state index contributed by atoms with van der Waals surface area (Å²) in [7, 11) is 0. The van der Waals surface area contributed by atoms with Gasteiger partial charge < -0.3 is 10.8 Å². The zero-order valence-electron chi connectivity index (χ0n) is 7.80. The van der Waals surface area contributed by atoms with E-state index >= 15 is 0 Å². The highest BCUT2D eigenvalue weighted by molar-refractivity contribution is 5.48. The van der Waals surface area contributed by atoms with Crippen molar-refractivity contribution in [3.05, 3.63) is 29.1 Å². The Kier molecular flexibility index (Phi) is 2.15. The van der Waals surface area contributed by atoms with Crippen LogP contribution in [0, 0.1) is 5.82 Å². The second-order valence-electron chi connectivity index (χ2n) is 3.74. The number of rotatable bonds is 0. The number of anilines is 1. The molecule has 2 nitrogen and oxygen atoms in total. The molecule has 0 aliphatic heterocycles. The van der Waals surface area contributed by atoms with Gasteiger partial charge in [-0.1, -0.05) is 0 Å². The number of nitrogen functional groups attached to an aromatic ring is 1. The molecule has 0 spiro atoms. The highest BCUT2D eigenvalue weighted by atomic mass is 19.3. The van der Waals surface area contributed by atoms with Crippen LogP contribution in [0.15, 0.2) is 12.1 Å². The molecule has 0 aromatic heterocycles. The first-order chi connectivity index (χ1) is 6.92. The van der Waals surface area contributed by atoms with Gasteiger partial charge in [0.2, 0.25) is 0 Å². The fraction of sp³-hybridized carbons (Fsp3) is 0.400. The predicted octanol–water partition coefficient (Wildman–Crippen LogP) is 2.02. The summed E-state index contributed by atoms with van der Waals surface area (Å²) in [6.07, 6.45) is -2.27. The largest absolute Gasteiger partial charge is 0.396 e. The van der Waals surface area contributed by atoms with Crippen molar-refractivity contribution in [3.63, 3.8) is 0 Å². The average molecular weight is 217 g/mol. The number of hydrogen-bond donors (Lipinski definition) is 2. The second kappa shape index (κ2) is 3.13. The number of benzene rings is 1. The molecule has 1 unspecified atom stereocenters. The van der Waals surface area contributed by atoms with Gasteiger partial charge in [0, 0.05) is 6.42 Å². The zero-order valence-corrected chi connectivity index (χ0v) is 7.80. The SMILES string of the molecule is Nc1cc2c(cc1F)C(O)C(F)(F)CC2. The number of halogens is 3. The Bertz CT molecular complexity index is 406. The number of nitrogens with two attached hydrogens (primary N) is 1. The Labute approximate surface area is 84.5 Å². The molecule has 1 aromatic carbocycles. The Balaban J connectivity index is 2.52. The molecule has 1 atom stereocenters. The average Bonchev–Trinajstić information content (AvgIpc) is 2.16. The van der Waals surface area contributed by atoms with Crippen molar-refractivity contribution in [2.45, 2.75) is 24.9 Å². The van der Waals surface area contributed by atoms with Crippen molar-refractivity contribution in [1.82, 2.24) is 0 Å². The van der Waals surface area contributed by atoms with Crippen LogP contribution >= 0.6 is 0 Å². The maximum atomic E-state index is 13.1. The predicted molar refractivity (Wildman–Crippen MR) is 49.0 cm³/mol. The summed E-state index contributed by atoms with van der Waals surface area (Å²) in [6, 6.07) is 2.20. The molecule has 0 fully saturated rings. The monoisotopic (exact) mass is 217 g/mol. The van der Waals surface area contributed by atoms with Gasteiger partial charge in [0.1, 0.15) is 11.9 Å². The van der Waals surface area contributed by atoms with Crippen LogP contribution in [0.2, 0.25) is 0 Å². The highest BCUT2D eigenvalue weighted by Gasteiger charge is 2.43. The molecule has 0 heterocycles. The van der Waals surface area contributed by atoms with Gasteiger partial charge in [-0.3, -0.25) is 0 Å². The molecule has 0 radical (unpaired) electrons. The lowest BCUT2D eigenvalue weighted by Crippen LogP contribution is -2.32. The van der Waals surface area contributed by atoms with Gasteiger partial charge in [0.15, 0.2) is 0 Å². The van der Waals surface area contributed by atoms with E-state index in [2.05, 4.69) is 0 Å². The van der Waals surface area contributed by atoms with Gasteiger partial charge in [-0.15, -0.1) is 0 Å². The number of aliphatic hydroxyl groups is 1. The van der Waals surface area contributed by atoms with Gasteiger partial charge in [0.25, 0.3) is 5.92 Å². The normalized spacial score (nSPS) is 23.6. The van der Waals surface area contributed by atoms with Gasteiger partial charge in [0.05, 0.1) is 5.69 Å². The number of alkyl halides is 2. The number of aliphatic hydroxyl groups excluding tert-OH is 1. The first-order valence-electron chi connectivity index (χ1n) is 4.55. The third kappa shape index (κ3) is 1.56. The van der Waals surface area contributed by atoms with E-state index in [-0.39, 0.29) is 17.7 Å². The first-order valence-corrected chi connectivity index (χ1v) is 4.55. The molecule has 2 rings (SSSR count). The molecule has 82 valence electrons. The van der Waals surface area contributed by atoms with Crippen molar-refractivity contribution >= 4 is 5.69 Å². The van der Waals surface area contributed by atoms with Crippen LogP contribution in [0.25, 0.3) is 0 Å². The summed E-state index contributed by atoms with van der Waals surface area (Å²) in [6.45, 7) is 0. The molecular formula is C10H10F3NO. The van der Waals surface area contributed by atoms with Crippen LogP contribution in [-0.2, 0) is 6.42 Å². The Morgan fingerprint density at radius 2 is 2.07 bits per heavy atom. The molecule has 0 saturated carbocycles. The molecule has 0 bridgehead atoms. The van der Waals surface area contributed by atoms with Crippen molar-refractivity contribution in [3.8, 4) is 0 Å². The van der Waals surface area contributed by atoms with Crippen molar-refractivity contribution in [1.29, 1.82) is 0 Å². The van der Waals surface area contributed by atoms with Crippen LogP contribution < -0.4 is 5.73 Å². The zero-order chi connectivity index (χ0) is 11.2. The summed E-state index contributed by atoms with van der Waals surface area (Å²) < 4.78 is 39.3. The number of aryl methyl sites for hydroxylation is 1. The molecular weight excluding hydrogens is 207 g/mol. The Morgan fingerprint density at radius 3 is 2.73 bits per heavy atom. The van der Waals surface area contributed by atoms with Gasteiger partial charge in [-0.05, 0) is 29.7 Å². The van der Waals surface area contributed by atoms with E-state index in [1.165, 1.54) is 6.07 Å². The molecule has 5 heteroatoms. The summed E-state index contributed by atoms with van der Waals surface area (Å²) in [4.78, 5) is 0. The van der Waals surface area contributed by atoms with E-state index in [4.69, 9.17) is 5.73 Å². The quantitative estimate of drug-likeness (QED) is 0.653. The maximum Gasteiger partial charge on any atom is 0.277 e. The van der Waals surface area contributed by atoms with Crippen LogP contribution in [0.3, 0.4) is 0 Å². The van der Waals surface area contributed by atoms with Crippen LogP contribution in [-0.4, -0.2) is 11.0 Å². The van der Waals surface area contributed by atoms with E-state index in [9.17, 15) is 18.3 Å². The minimum absolute atomic E-state index is 0.0575. The van der Waals surface area contributed by atoms with Crippen LogP contribution in [0.4, 0.5) is 18.9 Å². The number of fused-ring (bicyclic) bond motifs is 1. The first kappa shape index (κ1) is 10.3. The standard InChI is InChI=1S/C10H10F3NO/c11-7-4-6-5(3-8(7)14)1-2-10(12,13)9(6)15/h3-4,9,15H,1-2,14H2. The Morgan fingerprint density at radius 1 is 1.40 bits per heavy atom. The topological polar surface area (TPSA) is 46.2 Å². The Hall–Kier alpha value is -1.23. The molecule has 1 aliphatic carbocycles. The molecule has 15 heavy (non-hydrogen) atoms. The fourth-order valence-electron chi connectivity index (χ4n) is 1.79. The smallest absolute Gasteiger partial charge is 0.277 e. The lowest BCUT2D eigenvalue weighted by molar-refractivity contribution is -0.121. The van der Waals surface area contributed by atoms with Gasteiger partial charge >= 0.3 is 0 Å². The van der Waals surface area contributed by atoms with Gasteiger partial charge in [-0.2, -0.15) is 0 Å². The lowest BCUT2D eigenvalue weighted by Gasteiger charge is -2.29. The highest BCUT2D eigenvalue weighted by Crippen LogP contribution is 2.42. The molecule has 0 saturated heterocycles. The third-order valence-electron chi connectivity index (χ3n) is 2.68. The van der Waals surface area contributed by atoms with Crippen LogP contribution in [0.1, 0.15) is 23.7 Å². The molecule has 3 N–H and O–H groups in total. The maximum absolute atomic E-state index is 13.1. The van der Waals surface area contributed by atoms with Crippen molar-refractivity contribution in [2.24, 2.45) is 0 Å². The molecule has 1 aliphatic rings. The third-order valence-corrected chi connectivity index (χ3v) is 2.68. The van der Waals surface area contributed by atoms with Crippen molar-refractivity contribution in [2.75, 3.05) is 5.73 Å². The van der Waals surface area contributed by atoms with Crippen molar-refractivity contribution < 1.29 is 18.3 Å². The fourth-order valence-corrected chi connectivity index (χ4v) is 1.79.